The third kappa shape index (κ3) is 2.80. The number of anilines is 1. The van der Waals surface area contributed by atoms with Gasteiger partial charge in [0.05, 0.1) is 10.7 Å². The molecule has 0 spiro atoms. The van der Waals surface area contributed by atoms with Crippen LogP contribution in [-0.2, 0) is 11.3 Å². The molecule has 0 aliphatic carbocycles. The Labute approximate surface area is 107 Å². The monoisotopic (exact) mass is 269 g/mol. The van der Waals surface area contributed by atoms with Crippen molar-refractivity contribution in [3.8, 4) is 0 Å². The average Bonchev–Trinajstić information content (AvgIpc) is 2.69. The number of halogens is 2. The highest BCUT2D eigenvalue weighted by Crippen LogP contribution is 2.22. The second-order valence-electron chi connectivity index (χ2n) is 3.56. The Morgan fingerprint density at radius 1 is 1.56 bits per heavy atom. The number of aromatic nitrogens is 4. The Balaban J connectivity index is 2.05. The lowest BCUT2D eigenvalue weighted by Crippen LogP contribution is -2.20. The quantitative estimate of drug-likeness (QED) is 0.914. The van der Waals surface area contributed by atoms with E-state index in [2.05, 4.69) is 20.8 Å². The molecule has 0 saturated heterocycles. The summed E-state index contributed by atoms with van der Waals surface area (Å²) in [6.07, 6.45) is 0. The number of benzene rings is 1. The van der Waals surface area contributed by atoms with Crippen molar-refractivity contribution in [1.29, 1.82) is 0 Å². The van der Waals surface area contributed by atoms with Crippen LogP contribution < -0.4 is 5.32 Å². The van der Waals surface area contributed by atoms with Gasteiger partial charge >= 0.3 is 0 Å². The van der Waals surface area contributed by atoms with E-state index in [-0.39, 0.29) is 17.5 Å². The number of rotatable bonds is 3. The first kappa shape index (κ1) is 12.4. The van der Waals surface area contributed by atoms with Crippen LogP contribution in [-0.4, -0.2) is 26.1 Å². The summed E-state index contributed by atoms with van der Waals surface area (Å²) in [6.45, 7) is 1.64. The standard InChI is InChI=1S/C10H9ClFN5O/c1-6-14-15-16-17(6)5-10(18)13-9-3-2-7(12)4-8(9)11/h2-4H,5H2,1H3,(H,13,18). The smallest absolute Gasteiger partial charge is 0.246 e. The van der Waals surface area contributed by atoms with Crippen LogP contribution in [0.4, 0.5) is 10.1 Å². The first-order chi connectivity index (χ1) is 8.56. The van der Waals surface area contributed by atoms with Gasteiger partial charge < -0.3 is 5.32 Å². The number of nitrogens with one attached hydrogen (secondary N) is 1. The van der Waals surface area contributed by atoms with Gasteiger partial charge in [0.25, 0.3) is 0 Å². The van der Waals surface area contributed by atoms with Gasteiger partial charge in [0.2, 0.25) is 5.91 Å². The predicted molar refractivity (Wildman–Crippen MR) is 62.6 cm³/mol. The molecule has 0 aliphatic heterocycles. The van der Waals surface area contributed by atoms with Gasteiger partial charge in [-0.15, -0.1) is 5.10 Å². The van der Waals surface area contributed by atoms with Crippen LogP contribution in [0.5, 0.6) is 0 Å². The summed E-state index contributed by atoms with van der Waals surface area (Å²) in [5.74, 6) is -0.288. The fourth-order valence-electron chi connectivity index (χ4n) is 1.31. The largest absolute Gasteiger partial charge is 0.323 e. The van der Waals surface area contributed by atoms with Crippen molar-refractivity contribution in [3.63, 3.8) is 0 Å². The summed E-state index contributed by atoms with van der Waals surface area (Å²) < 4.78 is 14.2. The van der Waals surface area contributed by atoms with Crippen molar-refractivity contribution in [2.45, 2.75) is 13.5 Å². The summed E-state index contributed by atoms with van der Waals surface area (Å²) in [5, 5.41) is 13.4. The van der Waals surface area contributed by atoms with Crippen LogP contribution >= 0.6 is 11.6 Å². The number of carbonyl (C=O) groups is 1. The van der Waals surface area contributed by atoms with Gasteiger partial charge in [-0.25, -0.2) is 9.07 Å². The molecule has 1 N–H and O–H groups in total. The molecule has 1 amide bonds. The molecule has 0 atom stereocenters. The lowest BCUT2D eigenvalue weighted by atomic mass is 10.3. The number of nitrogens with zero attached hydrogens (tertiary/aromatic N) is 4. The van der Waals surface area contributed by atoms with E-state index in [1.165, 1.54) is 16.8 Å². The molecule has 0 saturated carbocycles. The Bertz CT molecular complexity index is 585. The van der Waals surface area contributed by atoms with E-state index in [0.29, 0.717) is 11.5 Å². The van der Waals surface area contributed by atoms with Gasteiger partial charge in [0, 0.05) is 0 Å². The third-order valence-corrected chi connectivity index (χ3v) is 2.52. The van der Waals surface area contributed by atoms with Gasteiger partial charge in [-0.1, -0.05) is 11.6 Å². The van der Waals surface area contributed by atoms with E-state index in [4.69, 9.17) is 11.6 Å². The van der Waals surface area contributed by atoms with E-state index >= 15 is 0 Å². The van der Waals surface area contributed by atoms with Gasteiger partial charge in [-0.2, -0.15) is 0 Å². The highest BCUT2D eigenvalue weighted by molar-refractivity contribution is 6.33. The number of aryl methyl sites for hydroxylation is 1. The molecule has 0 aliphatic rings. The fraction of sp³-hybridized carbons (Fsp3) is 0.200. The molecular formula is C10H9ClFN5O. The summed E-state index contributed by atoms with van der Waals surface area (Å²) in [7, 11) is 0. The molecule has 94 valence electrons. The van der Waals surface area contributed by atoms with Gasteiger partial charge in [0.1, 0.15) is 18.2 Å². The zero-order chi connectivity index (χ0) is 13.1. The van der Waals surface area contributed by atoms with Crippen LogP contribution in [0.2, 0.25) is 5.02 Å². The molecule has 0 bridgehead atoms. The fourth-order valence-corrected chi connectivity index (χ4v) is 1.53. The molecule has 18 heavy (non-hydrogen) atoms. The molecular weight excluding hydrogens is 261 g/mol. The Morgan fingerprint density at radius 2 is 2.33 bits per heavy atom. The first-order valence-corrected chi connectivity index (χ1v) is 5.42. The summed E-state index contributed by atoms with van der Waals surface area (Å²) >= 11 is 5.78. The van der Waals surface area contributed by atoms with Crippen LogP contribution in [0, 0.1) is 12.7 Å². The Morgan fingerprint density at radius 3 is 2.94 bits per heavy atom. The lowest BCUT2D eigenvalue weighted by Gasteiger charge is -2.07. The molecule has 0 fully saturated rings. The van der Waals surface area contributed by atoms with Crippen molar-refractivity contribution in [2.75, 3.05) is 5.32 Å². The minimum atomic E-state index is -0.464. The molecule has 2 rings (SSSR count). The molecule has 0 unspecified atom stereocenters. The maximum atomic E-state index is 12.8. The van der Waals surface area contributed by atoms with Gasteiger partial charge in [0.15, 0.2) is 0 Å². The van der Waals surface area contributed by atoms with Crippen molar-refractivity contribution >= 4 is 23.2 Å². The SMILES string of the molecule is Cc1nnnn1CC(=O)Nc1ccc(F)cc1Cl. The number of hydrogen-bond donors (Lipinski definition) is 1. The van der Waals surface area contributed by atoms with Crippen molar-refractivity contribution in [1.82, 2.24) is 20.2 Å². The lowest BCUT2D eigenvalue weighted by molar-refractivity contribution is -0.117. The number of carbonyl (C=O) groups excluding carboxylic acids is 1. The average molecular weight is 270 g/mol. The second kappa shape index (κ2) is 5.09. The van der Waals surface area contributed by atoms with Crippen LogP contribution in [0.25, 0.3) is 0 Å². The van der Waals surface area contributed by atoms with E-state index in [0.717, 1.165) is 6.07 Å². The molecule has 0 radical (unpaired) electrons. The normalized spacial score (nSPS) is 10.4. The third-order valence-electron chi connectivity index (χ3n) is 2.21. The van der Waals surface area contributed by atoms with Crippen molar-refractivity contribution in [3.05, 3.63) is 34.9 Å². The number of tetrazole rings is 1. The molecule has 6 nitrogen and oxygen atoms in total. The summed E-state index contributed by atoms with van der Waals surface area (Å²) in [5.41, 5.74) is 0.341. The van der Waals surface area contributed by atoms with Crippen LogP contribution in [0.1, 0.15) is 5.82 Å². The van der Waals surface area contributed by atoms with Crippen molar-refractivity contribution < 1.29 is 9.18 Å². The first-order valence-electron chi connectivity index (χ1n) is 5.04. The van der Waals surface area contributed by atoms with Crippen LogP contribution in [0.3, 0.4) is 0 Å². The minimum absolute atomic E-state index is 0.0352. The van der Waals surface area contributed by atoms with Gasteiger partial charge in [-0.05, 0) is 35.5 Å². The van der Waals surface area contributed by atoms with E-state index in [1.807, 2.05) is 0 Å². The van der Waals surface area contributed by atoms with Gasteiger partial charge in [-0.3, -0.25) is 4.79 Å². The predicted octanol–water partition coefficient (Wildman–Crippen LogP) is 1.41. The maximum absolute atomic E-state index is 12.8. The zero-order valence-corrected chi connectivity index (χ0v) is 10.1. The zero-order valence-electron chi connectivity index (χ0n) is 9.39. The summed E-state index contributed by atoms with van der Waals surface area (Å²) in [4.78, 5) is 11.7. The molecule has 1 heterocycles. The van der Waals surface area contributed by atoms with E-state index < -0.39 is 5.82 Å². The number of amides is 1. The highest BCUT2D eigenvalue weighted by atomic mass is 35.5. The van der Waals surface area contributed by atoms with Crippen LogP contribution in [0.15, 0.2) is 18.2 Å². The highest BCUT2D eigenvalue weighted by Gasteiger charge is 2.09. The minimum Gasteiger partial charge on any atom is -0.323 e. The van der Waals surface area contributed by atoms with E-state index in [9.17, 15) is 9.18 Å². The molecule has 8 heteroatoms. The second-order valence-corrected chi connectivity index (χ2v) is 3.96. The number of hydrogen-bond acceptors (Lipinski definition) is 4. The Hall–Kier alpha value is -2.02. The molecule has 1 aromatic heterocycles. The van der Waals surface area contributed by atoms with E-state index in [1.54, 1.807) is 6.92 Å². The Kier molecular flexibility index (Phi) is 3.52. The maximum Gasteiger partial charge on any atom is 0.246 e. The summed E-state index contributed by atoms with van der Waals surface area (Å²) in [6, 6.07) is 3.73. The topological polar surface area (TPSA) is 72.7 Å². The molecule has 2 aromatic rings. The van der Waals surface area contributed by atoms with Crippen molar-refractivity contribution in [2.24, 2.45) is 0 Å². The molecule has 1 aromatic carbocycles.